The molecule has 1 aromatic carbocycles. The molecular weight excluding hydrogens is 244 g/mol. The van der Waals surface area contributed by atoms with Crippen LogP contribution in [0.25, 0.3) is 11.0 Å². The Morgan fingerprint density at radius 1 is 1.26 bits per heavy atom. The molecule has 0 saturated heterocycles. The van der Waals surface area contributed by atoms with Crippen LogP contribution in [0, 0.1) is 0 Å². The van der Waals surface area contributed by atoms with Gasteiger partial charge in [-0.05, 0) is 41.5 Å². The maximum Gasteiger partial charge on any atom is 0.160 e. The van der Waals surface area contributed by atoms with E-state index in [0.29, 0.717) is 16.7 Å². The maximum absolute atomic E-state index is 5.80. The second-order valence-electron chi connectivity index (χ2n) is 4.49. The van der Waals surface area contributed by atoms with Gasteiger partial charge < -0.3 is 15.5 Å². The summed E-state index contributed by atoms with van der Waals surface area (Å²) in [5.74, 6) is 0.935. The van der Waals surface area contributed by atoms with Gasteiger partial charge in [0.15, 0.2) is 11.0 Å². The van der Waals surface area contributed by atoms with Crippen molar-refractivity contribution in [2.45, 2.75) is 19.4 Å². The van der Waals surface area contributed by atoms with Crippen LogP contribution in [-0.2, 0) is 6.42 Å². The highest BCUT2D eigenvalue weighted by atomic mass is 16.6. The van der Waals surface area contributed by atoms with Gasteiger partial charge in [-0.3, -0.25) is 0 Å². The molecule has 0 aliphatic carbocycles. The van der Waals surface area contributed by atoms with Crippen LogP contribution in [0.1, 0.15) is 12.7 Å². The number of nitrogens with two attached hydrogens (primary N) is 1. The molecule has 0 aliphatic rings. The van der Waals surface area contributed by atoms with E-state index >= 15 is 0 Å². The highest BCUT2D eigenvalue weighted by Crippen LogP contribution is 2.26. The van der Waals surface area contributed by atoms with Crippen molar-refractivity contribution in [3.8, 4) is 0 Å². The largest absolute Gasteiger partial charge is 0.469 e. The Hall–Kier alpha value is -2.50. The molecule has 2 heterocycles. The van der Waals surface area contributed by atoms with Gasteiger partial charge in [0.1, 0.15) is 5.76 Å². The predicted octanol–water partition coefficient (Wildman–Crippen LogP) is 2.44. The lowest BCUT2D eigenvalue weighted by Crippen LogP contribution is -2.18. The Morgan fingerprint density at radius 2 is 2.11 bits per heavy atom. The zero-order valence-electron chi connectivity index (χ0n) is 10.5. The minimum Gasteiger partial charge on any atom is -0.469 e. The number of aromatic nitrogens is 2. The van der Waals surface area contributed by atoms with E-state index in [9.17, 15) is 0 Å². The van der Waals surface area contributed by atoms with Crippen molar-refractivity contribution in [3.05, 3.63) is 36.3 Å². The second-order valence-corrected chi connectivity index (χ2v) is 4.49. The van der Waals surface area contributed by atoms with E-state index in [4.69, 9.17) is 14.8 Å². The molecule has 1 unspecified atom stereocenters. The van der Waals surface area contributed by atoms with Gasteiger partial charge in [0, 0.05) is 12.5 Å². The molecule has 3 aromatic rings. The van der Waals surface area contributed by atoms with Crippen LogP contribution in [0.5, 0.6) is 0 Å². The number of nitrogens with one attached hydrogen (secondary N) is 1. The summed E-state index contributed by atoms with van der Waals surface area (Å²) in [7, 11) is 0. The Balaban J connectivity index is 1.81. The third-order valence-electron chi connectivity index (χ3n) is 2.94. The van der Waals surface area contributed by atoms with Gasteiger partial charge in [0.2, 0.25) is 0 Å². The first-order valence-electron chi connectivity index (χ1n) is 6.03. The zero-order valence-corrected chi connectivity index (χ0v) is 10.5. The number of fused-ring (bicyclic) bond motifs is 1. The summed E-state index contributed by atoms with van der Waals surface area (Å²) in [6.45, 7) is 2.07. The highest BCUT2D eigenvalue weighted by molar-refractivity contribution is 5.95. The number of anilines is 2. The van der Waals surface area contributed by atoms with Crippen LogP contribution in [-0.4, -0.2) is 16.4 Å². The number of nitrogen functional groups attached to an aromatic ring is 1. The summed E-state index contributed by atoms with van der Waals surface area (Å²) >= 11 is 0. The van der Waals surface area contributed by atoms with Crippen LogP contribution < -0.4 is 11.1 Å². The van der Waals surface area contributed by atoms with Gasteiger partial charge in [-0.25, -0.2) is 4.63 Å². The monoisotopic (exact) mass is 258 g/mol. The van der Waals surface area contributed by atoms with Gasteiger partial charge in [-0.1, -0.05) is 0 Å². The average molecular weight is 258 g/mol. The van der Waals surface area contributed by atoms with E-state index in [2.05, 4.69) is 22.6 Å². The number of hydrogen-bond acceptors (Lipinski definition) is 6. The number of nitrogens with zero attached hydrogens (tertiary/aromatic N) is 2. The topological polar surface area (TPSA) is 90.1 Å². The fraction of sp³-hybridized carbons (Fsp3) is 0.231. The molecule has 3 N–H and O–H groups in total. The van der Waals surface area contributed by atoms with E-state index < -0.39 is 0 Å². The molecule has 98 valence electrons. The first-order valence-corrected chi connectivity index (χ1v) is 6.03. The molecule has 0 fully saturated rings. The van der Waals surface area contributed by atoms with E-state index in [1.54, 1.807) is 12.3 Å². The van der Waals surface area contributed by atoms with E-state index in [0.717, 1.165) is 17.9 Å². The molecule has 1 atom stereocenters. The summed E-state index contributed by atoms with van der Waals surface area (Å²) < 4.78 is 10.1. The molecule has 2 aromatic heterocycles. The van der Waals surface area contributed by atoms with Crippen LogP contribution in [0.2, 0.25) is 0 Å². The van der Waals surface area contributed by atoms with Gasteiger partial charge in [-0.2, -0.15) is 0 Å². The van der Waals surface area contributed by atoms with Crippen LogP contribution >= 0.6 is 0 Å². The Labute approximate surface area is 109 Å². The minimum absolute atomic E-state index is 0.190. The van der Waals surface area contributed by atoms with Gasteiger partial charge in [-0.15, -0.1) is 0 Å². The van der Waals surface area contributed by atoms with Crippen molar-refractivity contribution in [2.24, 2.45) is 0 Å². The minimum atomic E-state index is 0.190. The quantitative estimate of drug-likeness (QED) is 0.698. The number of hydrogen-bond donors (Lipinski definition) is 2. The summed E-state index contributed by atoms with van der Waals surface area (Å²) in [5, 5.41) is 11.0. The molecule has 0 amide bonds. The standard InChI is InChI=1S/C13H14N4O2/c1-8(7-9-3-2-6-18-9)15-11-5-4-10(14)12-13(11)17-19-16-12/h2-6,8,15H,7,14H2,1H3. The Kier molecular flexibility index (Phi) is 2.83. The molecule has 0 bridgehead atoms. The Morgan fingerprint density at radius 3 is 2.89 bits per heavy atom. The Bertz CT molecular complexity index is 675. The summed E-state index contributed by atoms with van der Waals surface area (Å²) in [4.78, 5) is 0. The van der Waals surface area contributed by atoms with Crippen LogP contribution in [0.15, 0.2) is 39.6 Å². The first-order chi connectivity index (χ1) is 9.24. The van der Waals surface area contributed by atoms with Crippen molar-refractivity contribution in [3.63, 3.8) is 0 Å². The van der Waals surface area contributed by atoms with Crippen molar-refractivity contribution in [1.82, 2.24) is 10.3 Å². The average Bonchev–Trinajstić information content (AvgIpc) is 3.03. The number of furan rings is 1. The number of rotatable bonds is 4. The van der Waals surface area contributed by atoms with Crippen molar-refractivity contribution in [2.75, 3.05) is 11.1 Å². The van der Waals surface area contributed by atoms with Gasteiger partial charge >= 0.3 is 0 Å². The van der Waals surface area contributed by atoms with Gasteiger partial charge in [0.05, 0.1) is 17.6 Å². The molecule has 6 heteroatoms. The van der Waals surface area contributed by atoms with E-state index in [1.165, 1.54) is 0 Å². The molecule has 0 radical (unpaired) electrons. The molecule has 0 aliphatic heterocycles. The molecule has 6 nitrogen and oxygen atoms in total. The summed E-state index contributed by atoms with van der Waals surface area (Å²) in [6, 6.07) is 7.68. The first kappa shape index (κ1) is 11.6. The van der Waals surface area contributed by atoms with Crippen LogP contribution in [0.4, 0.5) is 11.4 Å². The maximum atomic E-state index is 5.80. The lowest BCUT2D eigenvalue weighted by atomic mass is 10.1. The lowest BCUT2D eigenvalue weighted by molar-refractivity contribution is 0.315. The van der Waals surface area contributed by atoms with Gasteiger partial charge in [0.25, 0.3) is 0 Å². The highest BCUT2D eigenvalue weighted by Gasteiger charge is 2.12. The van der Waals surface area contributed by atoms with Crippen molar-refractivity contribution < 1.29 is 9.05 Å². The van der Waals surface area contributed by atoms with E-state index in [-0.39, 0.29) is 6.04 Å². The zero-order chi connectivity index (χ0) is 13.2. The molecule has 0 spiro atoms. The lowest BCUT2D eigenvalue weighted by Gasteiger charge is -2.14. The molecule has 3 rings (SSSR count). The second kappa shape index (κ2) is 4.64. The molecule has 0 saturated carbocycles. The smallest absolute Gasteiger partial charge is 0.160 e. The number of benzene rings is 1. The SMILES string of the molecule is CC(Cc1ccco1)Nc1ccc(N)c2nonc12. The molecule has 19 heavy (non-hydrogen) atoms. The molecular formula is C13H14N4O2. The third-order valence-corrected chi connectivity index (χ3v) is 2.94. The summed E-state index contributed by atoms with van der Waals surface area (Å²) in [5.41, 5.74) is 8.44. The van der Waals surface area contributed by atoms with E-state index in [1.807, 2.05) is 18.2 Å². The van der Waals surface area contributed by atoms with Crippen LogP contribution in [0.3, 0.4) is 0 Å². The fourth-order valence-corrected chi connectivity index (χ4v) is 2.05. The van der Waals surface area contributed by atoms with Crippen molar-refractivity contribution >= 4 is 22.4 Å². The fourth-order valence-electron chi connectivity index (χ4n) is 2.05. The van der Waals surface area contributed by atoms with Crippen molar-refractivity contribution in [1.29, 1.82) is 0 Å². The summed E-state index contributed by atoms with van der Waals surface area (Å²) in [6.07, 6.45) is 2.45. The normalized spacial score (nSPS) is 12.7. The predicted molar refractivity (Wildman–Crippen MR) is 71.7 cm³/mol. The third kappa shape index (κ3) is 2.24.